The predicted octanol–water partition coefficient (Wildman–Crippen LogP) is 3.88. The van der Waals surface area contributed by atoms with E-state index in [2.05, 4.69) is 41.1 Å². The van der Waals surface area contributed by atoms with Crippen LogP contribution in [0.25, 0.3) is 0 Å². The second-order valence-electron chi connectivity index (χ2n) is 3.22. The summed E-state index contributed by atoms with van der Waals surface area (Å²) < 4.78 is 1.20. The molecule has 2 rings (SSSR count). The van der Waals surface area contributed by atoms with Crippen LogP contribution >= 0.6 is 27.7 Å². The Kier molecular flexibility index (Phi) is 2.47. The zero-order chi connectivity index (χ0) is 8.55. The Balaban J connectivity index is 2.37. The maximum absolute atomic E-state index is 3.50. The molecule has 0 N–H and O–H groups in total. The van der Waals surface area contributed by atoms with Gasteiger partial charge in [0.2, 0.25) is 0 Å². The Morgan fingerprint density at radius 3 is 3.17 bits per heavy atom. The van der Waals surface area contributed by atoms with E-state index in [1.165, 1.54) is 27.8 Å². The monoisotopic (exact) mass is 242 g/mol. The summed E-state index contributed by atoms with van der Waals surface area (Å²) >= 11 is 5.49. The van der Waals surface area contributed by atoms with Crippen molar-refractivity contribution in [3.63, 3.8) is 0 Å². The van der Waals surface area contributed by atoms with Crippen molar-refractivity contribution >= 4 is 27.7 Å². The summed E-state index contributed by atoms with van der Waals surface area (Å²) in [5.41, 5.74) is 1.52. The average Bonchev–Trinajstić information content (AvgIpc) is 2.03. The maximum Gasteiger partial charge on any atom is 0.0186 e. The van der Waals surface area contributed by atoms with Gasteiger partial charge in [-0.2, -0.15) is 0 Å². The van der Waals surface area contributed by atoms with Gasteiger partial charge in [-0.3, -0.25) is 0 Å². The summed E-state index contributed by atoms with van der Waals surface area (Å²) in [4.78, 5) is 1.46. The first-order chi connectivity index (χ1) is 5.75. The average molecular weight is 243 g/mol. The number of thioether (sulfide) groups is 1. The van der Waals surface area contributed by atoms with Crippen molar-refractivity contribution in [3.8, 4) is 0 Å². The van der Waals surface area contributed by atoms with Crippen LogP contribution in [0, 0.1) is 0 Å². The summed E-state index contributed by atoms with van der Waals surface area (Å²) in [6, 6.07) is 6.60. The van der Waals surface area contributed by atoms with Crippen LogP contribution in [0.2, 0.25) is 0 Å². The van der Waals surface area contributed by atoms with Crippen LogP contribution in [0.4, 0.5) is 0 Å². The third-order valence-electron chi connectivity index (χ3n) is 2.18. The quantitative estimate of drug-likeness (QED) is 0.666. The van der Waals surface area contributed by atoms with Crippen LogP contribution in [0.3, 0.4) is 0 Å². The summed E-state index contributed by atoms with van der Waals surface area (Å²) in [6.07, 6.45) is 2.57. The van der Waals surface area contributed by atoms with Gasteiger partial charge in [-0.25, -0.2) is 0 Å². The highest BCUT2D eigenvalue weighted by molar-refractivity contribution is 9.10. The number of benzene rings is 1. The van der Waals surface area contributed by atoms with Crippen LogP contribution < -0.4 is 0 Å². The molecule has 0 radical (unpaired) electrons. The highest BCUT2D eigenvalue weighted by atomic mass is 79.9. The van der Waals surface area contributed by atoms with Crippen LogP contribution in [0.15, 0.2) is 27.6 Å². The van der Waals surface area contributed by atoms with Gasteiger partial charge in [-0.05, 0) is 30.5 Å². The van der Waals surface area contributed by atoms with Crippen molar-refractivity contribution in [2.75, 3.05) is 0 Å². The van der Waals surface area contributed by atoms with Crippen molar-refractivity contribution in [3.05, 3.63) is 28.2 Å². The zero-order valence-electron chi connectivity index (χ0n) is 7.01. The second-order valence-corrected chi connectivity index (χ2v) is 5.62. The molecule has 1 aromatic rings. The highest BCUT2D eigenvalue weighted by Gasteiger charge is 2.15. The topological polar surface area (TPSA) is 0 Å². The Morgan fingerprint density at radius 1 is 1.50 bits per heavy atom. The molecule has 2 heteroatoms. The van der Waals surface area contributed by atoms with Crippen molar-refractivity contribution in [2.24, 2.45) is 0 Å². The number of hydrogen-bond donors (Lipinski definition) is 0. The van der Waals surface area contributed by atoms with E-state index >= 15 is 0 Å². The molecule has 0 aliphatic carbocycles. The first-order valence-electron chi connectivity index (χ1n) is 4.21. The fraction of sp³-hybridized carbons (Fsp3) is 0.400. The number of halogens is 1. The van der Waals surface area contributed by atoms with E-state index in [1.807, 2.05) is 11.8 Å². The molecule has 1 aliphatic rings. The molecule has 1 heterocycles. The van der Waals surface area contributed by atoms with E-state index in [0.29, 0.717) is 0 Å². The van der Waals surface area contributed by atoms with E-state index in [9.17, 15) is 0 Å². The van der Waals surface area contributed by atoms with Gasteiger partial charge in [-0.1, -0.05) is 28.9 Å². The van der Waals surface area contributed by atoms with E-state index < -0.39 is 0 Å². The minimum Gasteiger partial charge on any atom is -0.123 e. The van der Waals surface area contributed by atoms with Gasteiger partial charge in [0.25, 0.3) is 0 Å². The molecule has 12 heavy (non-hydrogen) atoms. The lowest BCUT2D eigenvalue weighted by Gasteiger charge is -2.20. The molecule has 0 spiro atoms. The van der Waals surface area contributed by atoms with E-state index in [1.54, 1.807) is 0 Å². The summed E-state index contributed by atoms with van der Waals surface area (Å²) in [5, 5.41) is 0.784. The minimum atomic E-state index is 0.784. The van der Waals surface area contributed by atoms with Gasteiger partial charge < -0.3 is 0 Å². The Hall–Kier alpha value is 0.0500. The van der Waals surface area contributed by atoms with E-state index in [0.717, 1.165) is 5.25 Å². The number of fused-ring (bicyclic) bond motifs is 1. The molecule has 0 saturated carbocycles. The molecule has 1 unspecified atom stereocenters. The van der Waals surface area contributed by atoms with Gasteiger partial charge in [0.1, 0.15) is 0 Å². The fourth-order valence-corrected chi connectivity index (χ4v) is 3.18. The van der Waals surface area contributed by atoms with Gasteiger partial charge in [0.15, 0.2) is 0 Å². The molecule has 1 atom stereocenters. The van der Waals surface area contributed by atoms with Gasteiger partial charge in [-0.15, -0.1) is 11.8 Å². The molecule has 0 fully saturated rings. The summed E-state index contributed by atoms with van der Waals surface area (Å²) in [5.74, 6) is 0. The maximum atomic E-state index is 3.50. The van der Waals surface area contributed by atoms with Gasteiger partial charge in [0.05, 0.1) is 0 Å². The van der Waals surface area contributed by atoms with Crippen molar-refractivity contribution in [1.82, 2.24) is 0 Å². The van der Waals surface area contributed by atoms with Crippen LogP contribution in [-0.2, 0) is 6.42 Å². The van der Waals surface area contributed by atoms with E-state index in [4.69, 9.17) is 0 Å². The Bertz CT molecular complexity index is 296. The zero-order valence-corrected chi connectivity index (χ0v) is 9.41. The SMILES string of the molecule is CC1CCc2ccc(Br)cc2S1. The largest absolute Gasteiger partial charge is 0.123 e. The minimum absolute atomic E-state index is 0.784. The predicted molar refractivity (Wildman–Crippen MR) is 57.8 cm³/mol. The first-order valence-corrected chi connectivity index (χ1v) is 5.88. The lowest BCUT2D eigenvalue weighted by molar-refractivity contribution is 0.780. The molecule has 0 aromatic heterocycles. The van der Waals surface area contributed by atoms with Crippen molar-refractivity contribution < 1.29 is 0 Å². The fourth-order valence-electron chi connectivity index (χ4n) is 1.48. The molecule has 1 aromatic carbocycles. The molecular formula is C10H11BrS. The van der Waals surface area contributed by atoms with E-state index in [-0.39, 0.29) is 0 Å². The van der Waals surface area contributed by atoms with Gasteiger partial charge in [0, 0.05) is 14.6 Å². The molecule has 0 bridgehead atoms. The smallest absolute Gasteiger partial charge is 0.0186 e. The van der Waals surface area contributed by atoms with Crippen molar-refractivity contribution in [2.45, 2.75) is 29.9 Å². The third kappa shape index (κ3) is 1.69. The second kappa shape index (κ2) is 3.43. The molecule has 0 nitrogen and oxygen atoms in total. The highest BCUT2D eigenvalue weighted by Crippen LogP contribution is 2.36. The Labute approximate surface area is 85.9 Å². The third-order valence-corrected chi connectivity index (χ3v) is 3.94. The van der Waals surface area contributed by atoms with Crippen LogP contribution in [0.1, 0.15) is 18.9 Å². The number of hydrogen-bond acceptors (Lipinski definition) is 1. The molecular weight excluding hydrogens is 232 g/mol. The molecule has 64 valence electrons. The van der Waals surface area contributed by atoms with Crippen LogP contribution in [-0.4, -0.2) is 5.25 Å². The number of rotatable bonds is 0. The lowest BCUT2D eigenvalue weighted by atomic mass is 10.1. The molecule has 0 amide bonds. The van der Waals surface area contributed by atoms with Crippen molar-refractivity contribution in [1.29, 1.82) is 0 Å². The normalized spacial score (nSPS) is 22.0. The molecule has 0 saturated heterocycles. The van der Waals surface area contributed by atoms with Crippen LogP contribution in [0.5, 0.6) is 0 Å². The molecule has 1 aliphatic heterocycles. The number of aryl methyl sites for hydroxylation is 1. The summed E-state index contributed by atoms with van der Waals surface area (Å²) in [7, 11) is 0. The van der Waals surface area contributed by atoms with Gasteiger partial charge >= 0.3 is 0 Å². The standard InChI is InChI=1S/C10H11BrS/c1-7-2-3-8-4-5-9(11)6-10(8)12-7/h4-7H,2-3H2,1H3. The Morgan fingerprint density at radius 2 is 2.33 bits per heavy atom. The summed E-state index contributed by atoms with van der Waals surface area (Å²) in [6.45, 7) is 2.30. The first kappa shape index (κ1) is 8.64. The lowest BCUT2D eigenvalue weighted by Crippen LogP contribution is -2.06.